The van der Waals surface area contributed by atoms with Gasteiger partial charge in [-0.25, -0.2) is 9.67 Å². The predicted octanol–water partition coefficient (Wildman–Crippen LogP) is 1.19. The number of thiocarbonyl (C=S) groups is 1. The van der Waals surface area contributed by atoms with Gasteiger partial charge < -0.3 is 5.73 Å². The quantitative estimate of drug-likeness (QED) is 0.812. The number of nitrogens with two attached hydrogens (primary N) is 1. The van der Waals surface area contributed by atoms with Gasteiger partial charge in [0.15, 0.2) is 0 Å². The van der Waals surface area contributed by atoms with Crippen LogP contribution in [0.4, 0.5) is 0 Å². The Morgan fingerprint density at radius 3 is 3.17 bits per heavy atom. The summed E-state index contributed by atoms with van der Waals surface area (Å²) in [5.41, 5.74) is 5.75. The average molecular weight is 267 g/mol. The SMILES string of the molecule is CCCn1ncnc1CN1CCCC(C(N)=S)C1. The molecule has 2 heterocycles. The van der Waals surface area contributed by atoms with E-state index in [9.17, 15) is 0 Å². The first-order valence-electron chi connectivity index (χ1n) is 6.59. The molecule has 0 bridgehead atoms. The van der Waals surface area contributed by atoms with Gasteiger partial charge in [0.25, 0.3) is 0 Å². The largest absolute Gasteiger partial charge is 0.393 e. The second-order valence-corrected chi connectivity index (χ2v) is 5.35. The predicted molar refractivity (Wildman–Crippen MR) is 75.1 cm³/mol. The topological polar surface area (TPSA) is 60.0 Å². The van der Waals surface area contributed by atoms with Gasteiger partial charge in [0.2, 0.25) is 0 Å². The molecular formula is C12H21N5S. The molecule has 1 aliphatic heterocycles. The van der Waals surface area contributed by atoms with Crippen molar-refractivity contribution in [3.63, 3.8) is 0 Å². The zero-order chi connectivity index (χ0) is 13.0. The molecule has 0 aliphatic carbocycles. The molecule has 18 heavy (non-hydrogen) atoms. The molecule has 1 atom stereocenters. The minimum absolute atomic E-state index is 0.358. The molecule has 0 aromatic carbocycles. The zero-order valence-corrected chi connectivity index (χ0v) is 11.7. The van der Waals surface area contributed by atoms with E-state index in [0.29, 0.717) is 10.9 Å². The van der Waals surface area contributed by atoms with E-state index in [2.05, 4.69) is 21.9 Å². The van der Waals surface area contributed by atoms with Crippen LogP contribution in [0.2, 0.25) is 0 Å². The van der Waals surface area contributed by atoms with Crippen LogP contribution in [0.1, 0.15) is 32.0 Å². The van der Waals surface area contributed by atoms with Crippen molar-refractivity contribution in [1.82, 2.24) is 19.7 Å². The second kappa shape index (κ2) is 6.24. The maximum atomic E-state index is 5.75. The Labute approximate surface area is 113 Å². The molecule has 1 aromatic rings. The molecule has 2 rings (SSSR count). The van der Waals surface area contributed by atoms with Gasteiger partial charge in [-0.3, -0.25) is 4.90 Å². The van der Waals surface area contributed by atoms with E-state index in [1.165, 1.54) is 0 Å². The van der Waals surface area contributed by atoms with Crippen LogP contribution >= 0.6 is 12.2 Å². The van der Waals surface area contributed by atoms with Gasteiger partial charge in [-0.15, -0.1) is 0 Å². The number of aryl methyl sites for hydroxylation is 1. The standard InChI is InChI=1S/C12H21N5S/c1-2-5-17-11(14-9-15-17)8-16-6-3-4-10(7-16)12(13)18/h9-10H,2-8H2,1H3,(H2,13,18). The maximum Gasteiger partial charge on any atom is 0.141 e. The number of hydrogen-bond donors (Lipinski definition) is 1. The summed E-state index contributed by atoms with van der Waals surface area (Å²) in [4.78, 5) is 7.37. The van der Waals surface area contributed by atoms with Crippen LogP contribution in [0.25, 0.3) is 0 Å². The Bertz CT molecular complexity index is 403. The van der Waals surface area contributed by atoms with E-state index >= 15 is 0 Å². The van der Waals surface area contributed by atoms with E-state index in [4.69, 9.17) is 18.0 Å². The Morgan fingerprint density at radius 1 is 1.61 bits per heavy atom. The lowest BCUT2D eigenvalue weighted by molar-refractivity contribution is 0.189. The van der Waals surface area contributed by atoms with Gasteiger partial charge in [-0.2, -0.15) is 5.10 Å². The molecule has 6 heteroatoms. The van der Waals surface area contributed by atoms with Crippen molar-refractivity contribution in [2.75, 3.05) is 13.1 Å². The molecule has 1 fully saturated rings. The Morgan fingerprint density at radius 2 is 2.44 bits per heavy atom. The summed E-state index contributed by atoms with van der Waals surface area (Å²) >= 11 is 5.10. The number of nitrogens with zero attached hydrogens (tertiary/aromatic N) is 4. The number of aromatic nitrogens is 3. The smallest absolute Gasteiger partial charge is 0.141 e. The summed E-state index contributed by atoms with van der Waals surface area (Å²) in [5.74, 6) is 1.40. The molecule has 0 amide bonds. The summed E-state index contributed by atoms with van der Waals surface area (Å²) in [6, 6.07) is 0. The molecule has 1 aromatic heterocycles. The highest BCUT2D eigenvalue weighted by molar-refractivity contribution is 7.80. The fraction of sp³-hybridized carbons (Fsp3) is 0.750. The summed E-state index contributed by atoms with van der Waals surface area (Å²) in [6.45, 7) is 5.97. The van der Waals surface area contributed by atoms with E-state index in [-0.39, 0.29) is 0 Å². The Kier molecular flexibility index (Phi) is 4.66. The summed E-state index contributed by atoms with van der Waals surface area (Å²) < 4.78 is 1.99. The molecule has 1 unspecified atom stereocenters. The van der Waals surface area contributed by atoms with Gasteiger partial charge in [-0.05, 0) is 25.8 Å². The first kappa shape index (κ1) is 13.4. The third-order valence-corrected chi connectivity index (χ3v) is 3.74. The van der Waals surface area contributed by atoms with Crippen LogP contribution in [0.3, 0.4) is 0 Å². The van der Waals surface area contributed by atoms with Crippen molar-refractivity contribution in [1.29, 1.82) is 0 Å². The lowest BCUT2D eigenvalue weighted by Gasteiger charge is -2.31. The number of likely N-dealkylation sites (tertiary alicyclic amines) is 1. The molecule has 100 valence electrons. The van der Waals surface area contributed by atoms with Crippen LogP contribution in [-0.4, -0.2) is 37.7 Å². The first-order valence-corrected chi connectivity index (χ1v) is 7.00. The molecule has 5 nitrogen and oxygen atoms in total. The zero-order valence-electron chi connectivity index (χ0n) is 10.9. The minimum Gasteiger partial charge on any atom is -0.393 e. The van der Waals surface area contributed by atoms with Crippen molar-refractivity contribution < 1.29 is 0 Å². The van der Waals surface area contributed by atoms with Crippen molar-refractivity contribution in [2.45, 2.75) is 39.3 Å². The lowest BCUT2D eigenvalue weighted by Crippen LogP contribution is -2.40. The van der Waals surface area contributed by atoms with Crippen LogP contribution in [0, 0.1) is 5.92 Å². The van der Waals surface area contributed by atoms with Crippen LogP contribution in [0.15, 0.2) is 6.33 Å². The van der Waals surface area contributed by atoms with E-state index < -0.39 is 0 Å². The van der Waals surface area contributed by atoms with Gasteiger partial charge >= 0.3 is 0 Å². The second-order valence-electron chi connectivity index (χ2n) is 4.88. The third kappa shape index (κ3) is 3.26. The maximum absolute atomic E-state index is 5.75. The molecule has 2 N–H and O–H groups in total. The molecule has 0 radical (unpaired) electrons. The Hall–Kier alpha value is -1.01. The first-order chi connectivity index (χ1) is 8.70. The average Bonchev–Trinajstić information content (AvgIpc) is 2.77. The van der Waals surface area contributed by atoms with Gasteiger partial charge in [0, 0.05) is 19.0 Å². The van der Waals surface area contributed by atoms with Crippen molar-refractivity contribution >= 4 is 17.2 Å². The number of rotatable bonds is 5. The van der Waals surface area contributed by atoms with Crippen molar-refractivity contribution in [2.24, 2.45) is 11.7 Å². The molecule has 1 aliphatic rings. The van der Waals surface area contributed by atoms with E-state index in [1.807, 2.05) is 4.68 Å². The molecule has 0 spiro atoms. The number of hydrogen-bond acceptors (Lipinski definition) is 4. The van der Waals surface area contributed by atoms with Crippen molar-refractivity contribution in [3.8, 4) is 0 Å². The molecule has 0 saturated carbocycles. The summed E-state index contributed by atoms with van der Waals surface area (Å²) in [7, 11) is 0. The Balaban J connectivity index is 1.96. The minimum atomic E-state index is 0.358. The monoisotopic (exact) mass is 267 g/mol. The van der Waals surface area contributed by atoms with Crippen molar-refractivity contribution in [3.05, 3.63) is 12.2 Å². The van der Waals surface area contributed by atoms with Crippen LogP contribution < -0.4 is 5.73 Å². The third-order valence-electron chi connectivity index (χ3n) is 3.40. The highest BCUT2D eigenvalue weighted by atomic mass is 32.1. The van der Waals surface area contributed by atoms with Crippen LogP contribution in [-0.2, 0) is 13.1 Å². The van der Waals surface area contributed by atoms with Gasteiger partial charge in [0.1, 0.15) is 12.2 Å². The number of piperidine rings is 1. The van der Waals surface area contributed by atoms with E-state index in [1.54, 1.807) is 6.33 Å². The summed E-state index contributed by atoms with van der Waals surface area (Å²) in [5, 5.41) is 4.25. The molecular weight excluding hydrogens is 246 g/mol. The van der Waals surface area contributed by atoms with Gasteiger partial charge in [-0.1, -0.05) is 19.1 Å². The molecule has 1 saturated heterocycles. The highest BCUT2D eigenvalue weighted by Crippen LogP contribution is 2.18. The normalized spacial score (nSPS) is 21.1. The fourth-order valence-corrected chi connectivity index (χ4v) is 2.63. The highest BCUT2D eigenvalue weighted by Gasteiger charge is 2.22. The summed E-state index contributed by atoms with van der Waals surface area (Å²) in [6.07, 6.45) is 4.99. The fourth-order valence-electron chi connectivity index (χ4n) is 2.44. The van der Waals surface area contributed by atoms with E-state index in [0.717, 1.165) is 51.3 Å². The van der Waals surface area contributed by atoms with Crippen LogP contribution in [0.5, 0.6) is 0 Å². The lowest BCUT2D eigenvalue weighted by atomic mass is 9.98. The van der Waals surface area contributed by atoms with Gasteiger partial charge in [0.05, 0.1) is 11.5 Å².